The van der Waals surface area contributed by atoms with Crippen molar-refractivity contribution >= 4 is 5.69 Å². The fourth-order valence-corrected chi connectivity index (χ4v) is 1.95. The van der Waals surface area contributed by atoms with E-state index in [1.165, 1.54) is 0 Å². The summed E-state index contributed by atoms with van der Waals surface area (Å²) in [6, 6.07) is 9.92. The Bertz CT molecular complexity index is 399. The Morgan fingerprint density at radius 2 is 2.25 bits per heavy atom. The molecule has 0 saturated carbocycles. The molecule has 1 aromatic rings. The first-order chi connectivity index (χ1) is 7.85. The van der Waals surface area contributed by atoms with Crippen molar-refractivity contribution < 1.29 is 4.74 Å². The predicted octanol–water partition coefficient (Wildman–Crippen LogP) is 0.957. The maximum atomic E-state index is 8.98. The largest absolute Gasteiger partial charge is 0.378 e. The second kappa shape index (κ2) is 4.97. The third-order valence-corrected chi connectivity index (χ3v) is 2.85. The molecule has 1 fully saturated rings. The lowest BCUT2D eigenvalue weighted by molar-refractivity contribution is 0.111. The van der Waals surface area contributed by atoms with E-state index in [9.17, 15) is 0 Å². The summed E-state index contributed by atoms with van der Waals surface area (Å²) < 4.78 is 5.36. The number of methoxy groups -OCH3 is 1. The Kier molecular flexibility index (Phi) is 3.40. The minimum atomic E-state index is 0.159. The molecule has 0 radical (unpaired) electrons. The van der Waals surface area contributed by atoms with Gasteiger partial charge in [-0.15, -0.1) is 0 Å². The minimum absolute atomic E-state index is 0.159. The maximum absolute atomic E-state index is 8.98. The van der Waals surface area contributed by atoms with Crippen LogP contribution in [0.4, 0.5) is 5.69 Å². The van der Waals surface area contributed by atoms with E-state index in [1.54, 1.807) is 7.11 Å². The van der Waals surface area contributed by atoms with Crippen molar-refractivity contribution in [3.63, 3.8) is 0 Å². The highest BCUT2D eigenvalue weighted by Gasteiger charge is 2.26. The Morgan fingerprint density at radius 3 is 3.00 bits per heavy atom. The van der Waals surface area contributed by atoms with Crippen molar-refractivity contribution in [3.05, 3.63) is 29.8 Å². The topological polar surface area (TPSA) is 57.1 Å². The Morgan fingerprint density at radius 1 is 1.44 bits per heavy atom. The van der Waals surface area contributed by atoms with Gasteiger partial charge in [-0.1, -0.05) is 12.1 Å². The molecule has 0 spiro atoms. The third-order valence-electron chi connectivity index (χ3n) is 2.85. The van der Waals surface area contributed by atoms with Crippen molar-refractivity contribution in [1.82, 2.24) is 5.32 Å². The number of rotatable bonds is 3. The fraction of sp³-hybridized carbons (Fsp3) is 0.417. The fourth-order valence-electron chi connectivity index (χ4n) is 1.95. The van der Waals surface area contributed by atoms with Gasteiger partial charge in [0.1, 0.15) is 6.07 Å². The van der Waals surface area contributed by atoms with Gasteiger partial charge in [0.15, 0.2) is 0 Å². The highest BCUT2D eigenvalue weighted by Crippen LogP contribution is 2.17. The van der Waals surface area contributed by atoms with Gasteiger partial charge in [-0.05, 0) is 12.1 Å². The predicted molar refractivity (Wildman–Crippen MR) is 62.2 cm³/mol. The Hall–Kier alpha value is -1.57. The molecule has 1 aliphatic rings. The van der Waals surface area contributed by atoms with Crippen LogP contribution in [0.5, 0.6) is 0 Å². The number of anilines is 1. The molecule has 1 saturated heterocycles. The molecule has 1 aromatic carbocycles. The molecule has 0 amide bonds. The lowest BCUT2D eigenvalue weighted by atomic mass is 10.1. The number of para-hydroxylation sites is 1. The molecule has 0 aliphatic carbocycles. The van der Waals surface area contributed by atoms with Gasteiger partial charge in [-0.2, -0.15) is 5.26 Å². The van der Waals surface area contributed by atoms with Crippen LogP contribution < -0.4 is 10.6 Å². The summed E-state index contributed by atoms with van der Waals surface area (Å²) in [5.74, 6) is 0. The highest BCUT2D eigenvalue weighted by atomic mass is 16.5. The number of nitrogens with zero attached hydrogens (tertiary/aromatic N) is 1. The molecule has 16 heavy (non-hydrogen) atoms. The quantitative estimate of drug-likeness (QED) is 0.791. The molecule has 1 aliphatic heterocycles. The average molecular weight is 217 g/mol. The number of ether oxygens (including phenoxy) is 1. The first-order valence-corrected chi connectivity index (χ1v) is 5.34. The van der Waals surface area contributed by atoms with E-state index in [0.717, 1.165) is 18.8 Å². The summed E-state index contributed by atoms with van der Waals surface area (Å²) in [5.41, 5.74) is 1.55. The minimum Gasteiger partial charge on any atom is -0.378 e. The van der Waals surface area contributed by atoms with Crippen LogP contribution in [0.1, 0.15) is 5.56 Å². The normalized spacial score (nSPS) is 24.0. The SMILES string of the molecule is CO[C@H]1CNCC1Nc1ccccc1C#N. The van der Waals surface area contributed by atoms with Crippen LogP contribution in [0.2, 0.25) is 0 Å². The van der Waals surface area contributed by atoms with Crippen molar-refractivity contribution in [3.8, 4) is 6.07 Å². The number of nitrogens with one attached hydrogen (secondary N) is 2. The lowest BCUT2D eigenvalue weighted by Gasteiger charge is -2.20. The summed E-state index contributed by atoms with van der Waals surface area (Å²) in [6.45, 7) is 1.71. The van der Waals surface area contributed by atoms with E-state index in [2.05, 4.69) is 16.7 Å². The van der Waals surface area contributed by atoms with Gasteiger partial charge in [0.25, 0.3) is 0 Å². The molecule has 1 unspecified atom stereocenters. The zero-order valence-electron chi connectivity index (χ0n) is 9.23. The summed E-state index contributed by atoms with van der Waals surface area (Å²) in [6.07, 6.45) is 0.159. The molecule has 2 atom stereocenters. The standard InChI is InChI=1S/C12H15N3O/c1-16-12-8-14-7-11(12)15-10-5-3-2-4-9(10)6-13/h2-5,11-12,14-15H,7-8H2,1H3/t11?,12-/m0/s1. The van der Waals surface area contributed by atoms with Crippen LogP contribution in [-0.2, 0) is 4.74 Å². The van der Waals surface area contributed by atoms with E-state index >= 15 is 0 Å². The van der Waals surface area contributed by atoms with Crippen LogP contribution in [0.25, 0.3) is 0 Å². The second-order valence-corrected chi connectivity index (χ2v) is 3.84. The summed E-state index contributed by atoms with van der Waals surface area (Å²) in [5, 5.41) is 15.6. The van der Waals surface area contributed by atoms with E-state index in [-0.39, 0.29) is 12.1 Å². The zero-order valence-corrected chi connectivity index (χ0v) is 9.23. The zero-order chi connectivity index (χ0) is 11.4. The van der Waals surface area contributed by atoms with Gasteiger partial charge >= 0.3 is 0 Å². The molecule has 2 rings (SSSR count). The number of hydrogen-bond donors (Lipinski definition) is 2. The molecule has 84 valence electrons. The van der Waals surface area contributed by atoms with Gasteiger partial charge < -0.3 is 15.4 Å². The van der Waals surface area contributed by atoms with Gasteiger partial charge in [0.05, 0.1) is 23.4 Å². The van der Waals surface area contributed by atoms with E-state index in [4.69, 9.17) is 10.00 Å². The molecule has 4 heteroatoms. The van der Waals surface area contributed by atoms with Gasteiger partial charge in [-0.3, -0.25) is 0 Å². The Labute approximate surface area is 95.2 Å². The van der Waals surface area contributed by atoms with Crippen LogP contribution >= 0.6 is 0 Å². The van der Waals surface area contributed by atoms with Gasteiger partial charge in [-0.25, -0.2) is 0 Å². The lowest BCUT2D eigenvalue weighted by Crippen LogP contribution is -2.33. The first kappa shape index (κ1) is 10.9. The van der Waals surface area contributed by atoms with Crippen LogP contribution in [-0.4, -0.2) is 32.3 Å². The molecule has 0 bridgehead atoms. The van der Waals surface area contributed by atoms with Crippen LogP contribution in [0.3, 0.4) is 0 Å². The highest BCUT2D eigenvalue weighted by molar-refractivity contribution is 5.57. The first-order valence-electron chi connectivity index (χ1n) is 5.34. The van der Waals surface area contributed by atoms with E-state index < -0.39 is 0 Å². The molecule has 2 N–H and O–H groups in total. The van der Waals surface area contributed by atoms with Crippen LogP contribution in [0, 0.1) is 11.3 Å². The third kappa shape index (κ3) is 2.16. The number of hydrogen-bond acceptors (Lipinski definition) is 4. The molecule has 1 heterocycles. The van der Waals surface area contributed by atoms with Crippen molar-refractivity contribution in [2.45, 2.75) is 12.1 Å². The number of nitriles is 1. The maximum Gasteiger partial charge on any atom is 0.101 e. The molecular formula is C12H15N3O. The summed E-state index contributed by atoms with van der Waals surface area (Å²) in [4.78, 5) is 0. The smallest absolute Gasteiger partial charge is 0.101 e. The molecule has 0 aromatic heterocycles. The average Bonchev–Trinajstić information content (AvgIpc) is 2.77. The van der Waals surface area contributed by atoms with Gasteiger partial charge in [0, 0.05) is 20.2 Å². The number of benzene rings is 1. The van der Waals surface area contributed by atoms with E-state index in [1.807, 2.05) is 24.3 Å². The van der Waals surface area contributed by atoms with E-state index in [0.29, 0.717) is 5.56 Å². The van der Waals surface area contributed by atoms with Gasteiger partial charge in [0.2, 0.25) is 0 Å². The second-order valence-electron chi connectivity index (χ2n) is 3.84. The monoisotopic (exact) mass is 217 g/mol. The summed E-state index contributed by atoms with van der Waals surface area (Å²) >= 11 is 0. The van der Waals surface area contributed by atoms with Crippen molar-refractivity contribution in [1.29, 1.82) is 5.26 Å². The van der Waals surface area contributed by atoms with Crippen molar-refractivity contribution in [2.24, 2.45) is 0 Å². The summed E-state index contributed by atoms with van der Waals surface area (Å²) in [7, 11) is 1.71. The molecule has 4 nitrogen and oxygen atoms in total. The Balaban J connectivity index is 2.12. The van der Waals surface area contributed by atoms with Crippen molar-refractivity contribution in [2.75, 3.05) is 25.5 Å². The van der Waals surface area contributed by atoms with Crippen LogP contribution in [0.15, 0.2) is 24.3 Å². The molecular weight excluding hydrogens is 202 g/mol.